The molecule has 23 heteroatoms. The Hall–Kier alpha value is -7.92. The summed E-state index contributed by atoms with van der Waals surface area (Å²) >= 11 is 0. The lowest BCUT2D eigenvalue weighted by molar-refractivity contribution is -0.141. The van der Waals surface area contributed by atoms with E-state index in [0.717, 1.165) is 12.0 Å². The van der Waals surface area contributed by atoms with Crippen molar-refractivity contribution < 1.29 is 63.3 Å². The van der Waals surface area contributed by atoms with Gasteiger partial charge in [-0.05, 0) is 61.1 Å². The molecule has 1 aliphatic heterocycles. The van der Waals surface area contributed by atoms with Crippen LogP contribution in [0.4, 0.5) is 0 Å². The number of carbonyl (C=O) groups excluding carboxylic acids is 9. The molecule has 3 aromatic carbocycles. The van der Waals surface area contributed by atoms with E-state index >= 15 is 0 Å². The second-order valence-corrected chi connectivity index (χ2v) is 17.6. The van der Waals surface area contributed by atoms with Crippen molar-refractivity contribution in [3.05, 3.63) is 102 Å². The molecular weight excluding hydrogens is 937 g/mol. The largest absolute Gasteiger partial charge is 0.508 e. The van der Waals surface area contributed by atoms with E-state index in [4.69, 9.17) is 5.73 Å². The Balaban J connectivity index is 1.46. The highest BCUT2D eigenvalue weighted by Gasteiger charge is 2.35. The molecular formula is C49H64N10O13. The van der Waals surface area contributed by atoms with E-state index in [-0.39, 0.29) is 25.0 Å². The molecule has 0 bridgehead atoms. The van der Waals surface area contributed by atoms with Gasteiger partial charge in [0.15, 0.2) is 0 Å². The van der Waals surface area contributed by atoms with Crippen molar-refractivity contribution in [1.29, 1.82) is 0 Å². The van der Waals surface area contributed by atoms with Crippen molar-refractivity contribution >= 4 is 59.1 Å². The van der Waals surface area contributed by atoms with E-state index in [9.17, 15) is 63.3 Å². The predicted octanol–water partition coefficient (Wildman–Crippen LogP) is -2.69. The summed E-state index contributed by atoms with van der Waals surface area (Å²) in [5, 5.41) is 52.0. The second-order valence-electron chi connectivity index (χ2n) is 17.6. The molecule has 72 heavy (non-hydrogen) atoms. The van der Waals surface area contributed by atoms with Crippen LogP contribution >= 0.6 is 0 Å². The number of amides is 9. The van der Waals surface area contributed by atoms with Gasteiger partial charge in [-0.3, -0.25) is 47.9 Å². The summed E-state index contributed by atoms with van der Waals surface area (Å²) in [6.45, 7) is 3.19. The number of hydrogen-bond acceptors (Lipinski definition) is 13. The highest BCUT2D eigenvalue weighted by Crippen LogP contribution is 2.14. The first kappa shape index (κ1) is 56.7. The van der Waals surface area contributed by atoms with Crippen LogP contribution in [0.1, 0.15) is 56.7 Å². The first-order valence-electron chi connectivity index (χ1n) is 23.3. The molecule has 3 aromatic rings. The quantitative estimate of drug-likeness (QED) is 0.0370. The predicted molar refractivity (Wildman–Crippen MR) is 259 cm³/mol. The molecule has 0 aromatic heterocycles. The molecule has 23 nitrogen and oxygen atoms in total. The van der Waals surface area contributed by atoms with Crippen LogP contribution in [0.15, 0.2) is 84.9 Å². The number of carbonyl (C=O) groups is 10. The summed E-state index contributed by atoms with van der Waals surface area (Å²) in [5.41, 5.74) is 7.27. The molecule has 0 saturated carbocycles. The van der Waals surface area contributed by atoms with Gasteiger partial charge >= 0.3 is 5.97 Å². The summed E-state index contributed by atoms with van der Waals surface area (Å²) in [5.74, 6) is -10.1. The van der Waals surface area contributed by atoms with Gasteiger partial charge < -0.3 is 68.9 Å². The first-order chi connectivity index (χ1) is 34.2. The van der Waals surface area contributed by atoms with Crippen molar-refractivity contribution in [2.24, 2.45) is 11.7 Å². The Kier molecular flexibility index (Phi) is 22.1. The number of phenols is 1. The van der Waals surface area contributed by atoms with Crippen LogP contribution in [0.5, 0.6) is 5.75 Å². The van der Waals surface area contributed by atoms with Crippen molar-refractivity contribution in [1.82, 2.24) is 47.9 Å². The lowest BCUT2D eigenvalue weighted by Gasteiger charge is -2.28. The fourth-order valence-electron chi connectivity index (χ4n) is 7.49. The van der Waals surface area contributed by atoms with Gasteiger partial charge in [-0.25, -0.2) is 0 Å². The molecule has 1 heterocycles. The zero-order valence-electron chi connectivity index (χ0n) is 40.1. The maximum absolute atomic E-state index is 14.2. The number of carboxylic acid groups (broad SMARTS) is 1. The third-order valence-electron chi connectivity index (χ3n) is 11.5. The number of phenolic OH excluding ortho intramolecular Hbond substituents is 1. The Bertz CT molecular complexity index is 2370. The van der Waals surface area contributed by atoms with Crippen molar-refractivity contribution in [3.63, 3.8) is 0 Å². The maximum atomic E-state index is 14.2. The van der Waals surface area contributed by atoms with E-state index in [2.05, 4.69) is 47.9 Å². The molecule has 9 amide bonds. The number of aliphatic hydroxyl groups excluding tert-OH is 1. The topological polar surface area (TPSA) is 366 Å². The number of nitrogens with two attached hydrogens (primary N) is 1. The van der Waals surface area contributed by atoms with Crippen LogP contribution in [0.25, 0.3) is 0 Å². The van der Waals surface area contributed by atoms with Gasteiger partial charge in [0.2, 0.25) is 53.2 Å². The van der Waals surface area contributed by atoms with Gasteiger partial charge in [0.25, 0.3) is 0 Å². The Labute approximate surface area is 415 Å². The molecule has 0 aliphatic carbocycles. The second kappa shape index (κ2) is 28.1. The smallest absolute Gasteiger partial charge is 0.325 e. The monoisotopic (exact) mass is 1000 g/mol. The summed E-state index contributed by atoms with van der Waals surface area (Å²) in [6, 6.07) is 12.6. The highest BCUT2D eigenvalue weighted by atomic mass is 16.4. The molecule has 0 spiro atoms. The third kappa shape index (κ3) is 18.4. The Morgan fingerprint density at radius 3 is 1.60 bits per heavy atom. The van der Waals surface area contributed by atoms with E-state index in [1.807, 2.05) is 0 Å². The molecule has 388 valence electrons. The molecule has 0 radical (unpaired) electrons. The number of aliphatic carboxylic acids is 1. The number of primary amides is 1. The minimum Gasteiger partial charge on any atom is -0.508 e. The van der Waals surface area contributed by atoms with Crippen molar-refractivity contribution in [2.75, 3.05) is 19.7 Å². The zero-order valence-corrected chi connectivity index (χ0v) is 40.1. The summed E-state index contributed by atoms with van der Waals surface area (Å²) in [7, 11) is 0. The highest BCUT2D eigenvalue weighted by molar-refractivity contribution is 5.99. The Morgan fingerprint density at radius 2 is 1.08 bits per heavy atom. The average molecular weight is 1000 g/mol. The number of benzene rings is 3. The standard InChI is InChI=1S/C49H64N10O13/c1-27(2)41(59-47(69)36(23-31-16-18-32(61)19-17-31)56-45(67)35(22-30-13-8-5-9-14-30)55-43(65)33-15-10-20-51-33)48(70)57-37(24-39(50)62)46(68)58-38(26-60)42(64)52-25-40(63)54-34(21-29-11-6-4-7-12-29)44(66)53-28(3)49(71)72/h4-9,11-14,16-19,27-28,33-38,41,51,60-61H,10,15,20-26H2,1-3H3,(H2,50,62)(H,52,64)(H,53,66)(H,54,63)(H,55,65)(H,56,67)(H,57,70)(H,58,68)(H,59,69)(H,71,72)/t28-,33-,34-,35-,36-,37-,38-,41-/m0/s1. The number of aromatic hydroxyl groups is 1. The number of nitrogens with one attached hydrogen (secondary N) is 9. The van der Waals surface area contributed by atoms with E-state index in [1.54, 1.807) is 74.5 Å². The lowest BCUT2D eigenvalue weighted by atomic mass is 9.99. The number of carboxylic acids is 1. The molecule has 1 saturated heterocycles. The average Bonchev–Trinajstić information content (AvgIpc) is 3.90. The lowest BCUT2D eigenvalue weighted by Crippen LogP contribution is -2.61. The summed E-state index contributed by atoms with van der Waals surface area (Å²) < 4.78 is 0. The third-order valence-corrected chi connectivity index (χ3v) is 11.5. The Morgan fingerprint density at radius 1 is 0.597 bits per heavy atom. The molecule has 0 unspecified atom stereocenters. The van der Waals surface area contributed by atoms with Crippen LogP contribution in [-0.2, 0) is 67.2 Å². The van der Waals surface area contributed by atoms with Crippen molar-refractivity contribution in [3.8, 4) is 5.75 Å². The fourth-order valence-corrected chi connectivity index (χ4v) is 7.49. The SMILES string of the molecule is CC(C)[C@H](NC(=O)[C@H](Cc1ccc(O)cc1)NC(=O)[C@H](Cc1ccccc1)NC(=O)[C@@H]1CCCN1)C(=O)N[C@@H](CC(N)=O)C(=O)N[C@@H](CO)C(=O)NCC(=O)N[C@@H](Cc1ccccc1)C(=O)N[C@@H](C)C(=O)O. The van der Waals surface area contributed by atoms with Crippen LogP contribution in [0.3, 0.4) is 0 Å². The van der Waals surface area contributed by atoms with Crippen LogP contribution < -0.4 is 53.6 Å². The van der Waals surface area contributed by atoms with Crippen LogP contribution in [0.2, 0.25) is 0 Å². The molecule has 8 atom stereocenters. The van der Waals surface area contributed by atoms with E-state index in [1.165, 1.54) is 31.2 Å². The van der Waals surface area contributed by atoms with Gasteiger partial charge in [-0.2, -0.15) is 0 Å². The first-order valence-corrected chi connectivity index (χ1v) is 23.3. The van der Waals surface area contributed by atoms with Crippen molar-refractivity contribution in [2.45, 2.75) is 108 Å². The van der Waals surface area contributed by atoms with Gasteiger partial charge in [-0.1, -0.05) is 86.6 Å². The molecule has 1 fully saturated rings. The van der Waals surface area contributed by atoms with E-state index in [0.29, 0.717) is 24.1 Å². The van der Waals surface area contributed by atoms with Gasteiger partial charge in [-0.15, -0.1) is 0 Å². The molecule has 1 aliphatic rings. The van der Waals surface area contributed by atoms with Crippen LogP contribution in [0, 0.1) is 5.92 Å². The minimum atomic E-state index is -1.77. The van der Waals surface area contributed by atoms with Crippen LogP contribution in [-0.4, -0.2) is 142 Å². The van der Waals surface area contributed by atoms with Gasteiger partial charge in [0, 0.05) is 19.3 Å². The van der Waals surface area contributed by atoms with E-state index < -0.39 is 133 Å². The van der Waals surface area contributed by atoms with Gasteiger partial charge in [0.05, 0.1) is 25.6 Å². The summed E-state index contributed by atoms with van der Waals surface area (Å²) in [6.07, 6.45) is 0.401. The maximum Gasteiger partial charge on any atom is 0.325 e. The number of aliphatic hydroxyl groups is 1. The summed E-state index contributed by atoms with van der Waals surface area (Å²) in [4.78, 5) is 132. The normalized spacial score (nSPS) is 15.9. The fraction of sp³-hybridized carbons (Fsp3) is 0.429. The van der Waals surface area contributed by atoms with Gasteiger partial charge in [0.1, 0.15) is 48.0 Å². The number of hydrogen-bond donors (Lipinski definition) is 13. The zero-order chi connectivity index (χ0) is 52.9. The molecule has 14 N–H and O–H groups in total. The number of rotatable bonds is 27. The minimum absolute atomic E-state index is 0.0473. The molecule has 4 rings (SSSR count).